The van der Waals surface area contributed by atoms with Crippen molar-refractivity contribution in [2.45, 2.75) is 33.2 Å². The molecule has 1 aromatic rings. The van der Waals surface area contributed by atoms with Crippen LogP contribution in [-0.4, -0.2) is 35.8 Å². The molecule has 1 aliphatic rings. The lowest BCUT2D eigenvalue weighted by molar-refractivity contribution is -0.128. The molecule has 1 atom stereocenters. The van der Waals surface area contributed by atoms with Crippen LogP contribution in [0.15, 0.2) is 17.5 Å². The summed E-state index contributed by atoms with van der Waals surface area (Å²) in [5.41, 5.74) is 0.0856. The summed E-state index contributed by atoms with van der Waals surface area (Å²) >= 11 is 1.42. The zero-order valence-electron chi connectivity index (χ0n) is 11.6. The average Bonchev–Trinajstić information content (AvgIpc) is 2.87. The molecule has 2 amide bonds. The van der Waals surface area contributed by atoms with Crippen molar-refractivity contribution < 1.29 is 9.59 Å². The van der Waals surface area contributed by atoms with Gasteiger partial charge in [0.1, 0.15) is 0 Å². The van der Waals surface area contributed by atoms with Crippen LogP contribution in [-0.2, 0) is 4.79 Å². The summed E-state index contributed by atoms with van der Waals surface area (Å²) in [6, 6.07) is 3.58. The van der Waals surface area contributed by atoms with Gasteiger partial charge in [-0.05, 0) is 16.9 Å². The van der Waals surface area contributed by atoms with Gasteiger partial charge >= 0.3 is 0 Å². The molecule has 19 heavy (non-hydrogen) atoms. The Kier molecular flexibility index (Phi) is 3.94. The molecule has 0 saturated carbocycles. The smallest absolute Gasteiger partial charge is 0.261 e. The maximum Gasteiger partial charge on any atom is 0.261 e. The lowest BCUT2D eigenvalue weighted by Gasteiger charge is -2.26. The number of nitrogens with one attached hydrogen (secondary N) is 1. The van der Waals surface area contributed by atoms with Crippen molar-refractivity contribution in [3.63, 3.8) is 0 Å². The standard InChI is InChI=1S/C14H20N2O2S/c1-14(2,3)9-16-8-10(7-12(16)17)15-13(18)11-5-4-6-19-11/h4-6,10H,7-9H2,1-3H3,(H,15,18)/t10-/m1/s1. The fourth-order valence-corrected chi connectivity index (χ4v) is 2.89. The first-order valence-corrected chi connectivity index (χ1v) is 7.35. The molecule has 1 N–H and O–H groups in total. The summed E-state index contributed by atoms with van der Waals surface area (Å²) in [6.07, 6.45) is 0.410. The van der Waals surface area contributed by atoms with Crippen LogP contribution in [0.5, 0.6) is 0 Å². The second kappa shape index (κ2) is 5.33. The Hall–Kier alpha value is -1.36. The van der Waals surface area contributed by atoms with Gasteiger partial charge in [-0.15, -0.1) is 11.3 Å². The molecule has 104 valence electrons. The van der Waals surface area contributed by atoms with Crippen molar-refractivity contribution in [1.82, 2.24) is 10.2 Å². The van der Waals surface area contributed by atoms with Gasteiger partial charge in [0, 0.05) is 19.5 Å². The summed E-state index contributed by atoms with van der Waals surface area (Å²) in [4.78, 5) is 26.4. The molecule has 5 heteroatoms. The minimum Gasteiger partial charge on any atom is -0.346 e. The zero-order chi connectivity index (χ0) is 14.0. The summed E-state index contributed by atoms with van der Waals surface area (Å²) in [5.74, 6) is 0.0526. The first kappa shape index (κ1) is 14.1. The molecule has 0 unspecified atom stereocenters. The summed E-state index contributed by atoms with van der Waals surface area (Å²) in [7, 11) is 0. The van der Waals surface area contributed by atoms with Crippen molar-refractivity contribution in [2.75, 3.05) is 13.1 Å². The highest BCUT2D eigenvalue weighted by atomic mass is 32.1. The number of nitrogens with zero attached hydrogens (tertiary/aromatic N) is 1. The highest BCUT2D eigenvalue weighted by molar-refractivity contribution is 7.12. The molecule has 1 aliphatic heterocycles. The van der Waals surface area contributed by atoms with E-state index in [1.54, 1.807) is 6.07 Å². The topological polar surface area (TPSA) is 49.4 Å². The number of carbonyl (C=O) groups is 2. The number of amides is 2. The highest BCUT2D eigenvalue weighted by Crippen LogP contribution is 2.20. The van der Waals surface area contributed by atoms with E-state index in [9.17, 15) is 9.59 Å². The van der Waals surface area contributed by atoms with E-state index < -0.39 is 0 Å². The van der Waals surface area contributed by atoms with Crippen LogP contribution < -0.4 is 5.32 Å². The lowest BCUT2D eigenvalue weighted by Crippen LogP contribution is -2.39. The Morgan fingerprint density at radius 1 is 1.53 bits per heavy atom. The minimum atomic E-state index is -0.0783. The largest absolute Gasteiger partial charge is 0.346 e. The van der Waals surface area contributed by atoms with Crippen LogP contribution in [0.4, 0.5) is 0 Å². The summed E-state index contributed by atoms with van der Waals surface area (Å²) < 4.78 is 0. The SMILES string of the molecule is CC(C)(C)CN1C[C@H](NC(=O)c2cccs2)CC1=O. The summed E-state index contributed by atoms with van der Waals surface area (Å²) in [5, 5.41) is 4.81. The molecule has 2 rings (SSSR count). The molecule has 0 aromatic carbocycles. The average molecular weight is 280 g/mol. The quantitative estimate of drug-likeness (QED) is 0.922. The van der Waals surface area contributed by atoms with Crippen molar-refractivity contribution in [3.05, 3.63) is 22.4 Å². The Labute approximate surface area is 117 Å². The predicted molar refractivity (Wildman–Crippen MR) is 76.2 cm³/mol. The van der Waals surface area contributed by atoms with Gasteiger partial charge in [0.15, 0.2) is 0 Å². The van der Waals surface area contributed by atoms with E-state index in [0.717, 1.165) is 6.54 Å². The van der Waals surface area contributed by atoms with Gasteiger partial charge in [-0.3, -0.25) is 9.59 Å². The van der Waals surface area contributed by atoms with Gasteiger partial charge in [-0.1, -0.05) is 26.8 Å². The van der Waals surface area contributed by atoms with Gasteiger partial charge in [-0.2, -0.15) is 0 Å². The number of thiophene rings is 1. The lowest BCUT2D eigenvalue weighted by atomic mass is 9.96. The maximum atomic E-state index is 11.9. The third-order valence-electron chi connectivity index (χ3n) is 2.96. The van der Waals surface area contributed by atoms with Crippen LogP contribution in [0.25, 0.3) is 0 Å². The fraction of sp³-hybridized carbons (Fsp3) is 0.571. The molecular formula is C14H20N2O2S. The zero-order valence-corrected chi connectivity index (χ0v) is 12.4. The third-order valence-corrected chi connectivity index (χ3v) is 3.83. The van der Waals surface area contributed by atoms with Crippen molar-refractivity contribution in [3.8, 4) is 0 Å². The molecule has 0 radical (unpaired) electrons. The monoisotopic (exact) mass is 280 g/mol. The van der Waals surface area contributed by atoms with Gasteiger partial charge < -0.3 is 10.2 Å². The Bertz CT molecular complexity index is 462. The van der Waals surface area contributed by atoms with Crippen molar-refractivity contribution in [2.24, 2.45) is 5.41 Å². The number of carbonyl (C=O) groups excluding carboxylic acids is 2. The Morgan fingerprint density at radius 3 is 2.84 bits per heavy atom. The van der Waals surface area contributed by atoms with E-state index in [-0.39, 0.29) is 23.3 Å². The third kappa shape index (κ3) is 3.80. The molecule has 1 fully saturated rings. The van der Waals surface area contributed by atoms with Gasteiger partial charge in [0.05, 0.1) is 10.9 Å². The number of hydrogen-bond acceptors (Lipinski definition) is 3. The maximum absolute atomic E-state index is 11.9. The van der Waals surface area contributed by atoms with E-state index >= 15 is 0 Å². The normalized spacial score (nSPS) is 19.8. The minimum absolute atomic E-state index is 0.0653. The molecule has 1 aromatic heterocycles. The first-order valence-electron chi connectivity index (χ1n) is 6.47. The van der Waals surface area contributed by atoms with E-state index in [2.05, 4.69) is 26.1 Å². The summed E-state index contributed by atoms with van der Waals surface area (Å²) in [6.45, 7) is 7.68. The van der Waals surface area contributed by atoms with E-state index in [1.807, 2.05) is 16.3 Å². The van der Waals surface area contributed by atoms with Gasteiger partial charge in [0.25, 0.3) is 5.91 Å². The molecular weight excluding hydrogens is 260 g/mol. The number of likely N-dealkylation sites (tertiary alicyclic amines) is 1. The first-order chi connectivity index (χ1) is 8.85. The van der Waals surface area contributed by atoms with E-state index in [0.29, 0.717) is 17.8 Å². The Morgan fingerprint density at radius 2 is 2.26 bits per heavy atom. The molecule has 0 spiro atoms. The van der Waals surface area contributed by atoms with Crippen molar-refractivity contribution >= 4 is 23.2 Å². The van der Waals surface area contributed by atoms with Crippen molar-refractivity contribution in [1.29, 1.82) is 0 Å². The van der Waals surface area contributed by atoms with E-state index in [1.165, 1.54) is 11.3 Å². The predicted octanol–water partition coefficient (Wildman–Crippen LogP) is 2.12. The Balaban J connectivity index is 1.91. The fourth-order valence-electron chi connectivity index (χ4n) is 2.26. The molecule has 0 bridgehead atoms. The molecule has 1 saturated heterocycles. The van der Waals surface area contributed by atoms with E-state index in [4.69, 9.17) is 0 Å². The van der Waals surface area contributed by atoms with Crippen LogP contribution in [0.1, 0.15) is 36.9 Å². The van der Waals surface area contributed by atoms with Crippen LogP contribution in [0, 0.1) is 5.41 Å². The molecule has 4 nitrogen and oxygen atoms in total. The molecule has 0 aliphatic carbocycles. The number of hydrogen-bond donors (Lipinski definition) is 1. The van der Waals surface area contributed by atoms with Gasteiger partial charge in [-0.25, -0.2) is 0 Å². The second-order valence-corrected chi connectivity index (χ2v) is 7.13. The molecule has 2 heterocycles. The van der Waals surface area contributed by atoms with Gasteiger partial charge in [0.2, 0.25) is 5.91 Å². The highest BCUT2D eigenvalue weighted by Gasteiger charge is 2.32. The van der Waals surface area contributed by atoms with Crippen LogP contribution in [0.3, 0.4) is 0 Å². The number of rotatable bonds is 3. The van der Waals surface area contributed by atoms with Crippen LogP contribution >= 0.6 is 11.3 Å². The second-order valence-electron chi connectivity index (χ2n) is 6.19. The van der Waals surface area contributed by atoms with Crippen LogP contribution in [0.2, 0.25) is 0 Å².